The summed E-state index contributed by atoms with van der Waals surface area (Å²) < 4.78 is 70.7. The Morgan fingerprint density at radius 1 is 1.15 bits per heavy atom. The van der Waals surface area contributed by atoms with Gasteiger partial charge in [0, 0.05) is 17.5 Å². The van der Waals surface area contributed by atoms with Gasteiger partial charge in [-0.2, -0.15) is 13.2 Å². The Balaban J connectivity index is 1.58. The summed E-state index contributed by atoms with van der Waals surface area (Å²) in [6.07, 6.45) is -2.88. The number of methoxy groups -OCH3 is 1. The predicted molar refractivity (Wildman–Crippen MR) is 123 cm³/mol. The summed E-state index contributed by atoms with van der Waals surface area (Å²) in [5.74, 6) is -0.596. The van der Waals surface area contributed by atoms with Gasteiger partial charge in [0.05, 0.1) is 28.8 Å². The molecule has 0 fully saturated rings. The number of alkyl halides is 3. The highest BCUT2D eigenvalue weighted by atomic mass is 32.2. The number of rotatable bonds is 9. The highest BCUT2D eigenvalue weighted by Gasteiger charge is 2.30. The summed E-state index contributed by atoms with van der Waals surface area (Å²) in [6, 6.07) is 9.15. The van der Waals surface area contributed by atoms with Crippen molar-refractivity contribution in [2.45, 2.75) is 37.3 Å². The van der Waals surface area contributed by atoms with Crippen LogP contribution in [0.3, 0.4) is 0 Å². The fraction of sp³-hybridized carbons (Fsp3) is 0.304. The summed E-state index contributed by atoms with van der Waals surface area (Å²) in [5.41, 5.74) is 1.49. The Morgan fingerprint density at radius 2 is 1.85 bits per heavy atom. The van der Waals surface area contributed by atoms with Gasteiger partial charge in [-0.05, 0) is 49.1 Å². The van der Waals surface area contributed by atoms with Crippen molar-refractivity contribution in [3.05, 3.63) is 70.2 Å². The first-order valence-corrected chi connectivity index (χ1v) is 12.7. The van der Waals surface area contributed by atoms with E-state index in [-0.39, 0.29) is 17.0 Å². The number of aromatic nitrogens is 1. The zero-order chi connectivity index (χ0) is 24.9. The van der Waals surface area contributed by atoms with Crippen molar-refractivity contribution in [2.24, 2.45) is 0 Å². The fourth-order valence-electron chi connectivity index (χ4n) is 3.25. The van der Waals surface area contributed by atoms with E-state index in [0.717, 1.165) is 17.8 Å². The van der Waals surface area contributed by atoms with E-state index >= 15 is 0 Å². The number of nitrogens with zero attached hydrogens (tertiary/aromatic N) is 1. The molecule has 11 heteroatoms. The second-order valence-electron chi connectivity index (χ2n) is 7.38. The molecular weight excluding hydrogens is 489 g/mol. The Bertz CT molecular complexity index is 1250. The molecule has 182 valence electrons. The topological polar surface area (TPSA) is 85.4 Å². The fourth-order valence-corrected chi connectivity index (χ4v) is 5.21. The predicted octanol–water partition coefficient (Wildman–Crippen LogP) is 5.09. The number of carbonyl (C=O) groups is 1. The molecule has 6 nitrogen and oxygen atoms in total. The molecule has 3 aromatic rings. The second-order valence-corrected chi connectivity index (χ2v) is 10.0. The molecule has 0 spiro atoms. The minimum atomic E-state index is -4.39. The zero-order valence-electron chi connectivity index (χ0n) is 18.5. The van der Waals surface area contributed by atoms with E-state index in [1.807, 2.05) is 6.92 Å². The number of halogens is 3. The molecule has 0 bridgehead atoms. The molecule has 3 rings (SSSR count). The molecule has 1 aromatic heterocycles. The normalized spacial score (nSPS) is 12.0. The van der Waals surface area contributed by atoms with E-state index in [4.69, 9.17) is 4.74 Å². The Kier molecular flexibility index (Phi) is 8.11. The number of thiazole rings is 1. The first kappa shape index (κ1) is 25.9. The molecule has 34 heavy (non-hydrogen) atoms. The Labute approximate surface area is 199 Å². The van der Waals surface area contributed by atoms with Crippen LogP contribution in [0.25, 0.3) is 10.6 Å². The minimum Gasteiger partial charge on any atom is -0.465 e. The van der Waals surface area contributed by atoms with Gasteiger partial charge in [-0.25, -0.2) is 22.9 Å². The highest BCUT2D eigenvalue weighted by Crippen LogP contribution is 2.32. The van der Waals surface area contributed by atoms with E-state index in [1.165, 1.54) is 42.7 Å². The monoisotopic (exact) mass is 512 g/mol. The van der Waals surface area contributed by atoms with Gasteiger partial charge in [-0.3, -0.25) is 0 Å². The summed E-state index contributed by atoms with van der Waals surface area (Å²) in [5, 5.41) is 2.39. The average molecular weight is 513 g/mol. The molecule has 2 aromatic carbocycles. The zero-order valence-corrected chi connectivity index (χ0v) is 20.1. The summed E-state index contributed by atoms with van der Waals surface area (Å²) in [6.45, 7) is 2.01. The van der Waals surface area contributed by atoms with Crippen LogP contribution >= 0.6 is 11.3 Å². The smallest absolute Gasteiger partial charge is 0.416 e. The van der Waals surface area contributed by atoms with E-state index in [1.54, 1.807) is 11.4 Å². The summed E-state index contributed by atoms with van der Waals surface area (Å²) in [4.78, 5) is 16.4. The van der Waals surface area contributed by atoms with Crippen molar-refractivity contribution in [3.8, 4) is 10.6 Å². The van der Waals surface area contributed by atoms with Crippen LogP contribution in [0.2, 0.25) is 0 Å². The minimum absolute atomic E-state index is 0.0247. The first-order valence-electron chi connectivity index (χ1n) is 10.4. The third-order valence-electron chi connectivity index (χ3n) is 5.09. The molecule has 1 N–H and O–H groups in total. The van der Waals surface area contributed by atoms with Crippen LogP contribution in [-0.2, 0) is 33.8 Å². The van der Waals surface area contributed by atoms with Crippen LogP contribution < -0.4 is 4.72 Å². The lowest BCUT2D eigenvalue weighted by Crippen LogP contribution is -2.25. The van der Waals surface area contributed by atoms with Gasteiger partial charge in [0.2, 0.25) is 10.0 Å². The van der Waals surface area contributed by atoms with E-state index in [0.29, 0.717) is 35.4 Å². The number of hydrogen-bond donors (Lipinski definition) is 1. The van der Waals surface area contributed by atoms with E-state index in [2.05, 4.69) is 9.71 Å². The summed E-state index contributed by atoms with van der Waals surface area (Å²) >= 11 is 1.31. The number of nitrogens with one attached hydrogen (secondary N) is 1. The molecule has 0 saturated carbocycles. The van der Waals surface area contributed by atoms with Crippen LogP contribution in [-0.4, -0.2) is 33.0 Å². The van der Waals surface area contributed by atoms with Gasteiger partial charge in [0.25, 0.3) is 0 Å². The molecule has 0 amide bonds. The van der Waals surface area contributed by atoms with Crippen LogP contribution in [0.5, 0.6) is 0 Å². The molecule has 0 radical (unpaired) electrons. The quantitative estimate of drug-likeness (QED) is 0.319. The molecule has 0 aliphatic heterocycles. The van der Waals surface area contributed by atoms with Crippen molar-refractivity contribution in [3.63, 3.8) is 0 Å². The summed E-state index contributed by atoms with van der Waals surface area (Å²) in [7, 11) is -2.59. The highest BCUT2D eigenvalue weighted by molar-refractivity contribution is 7.89. The van der Waals surface area contributed by atoms with Crippen molar-refractivity contribution >= 4 is 27.3 Å². The van der Waals surface area contributed by atoms with Gasteiger partial charge in [0.15, 0.2) is 0 Å². The van der Waals surface area contributed by atoms with Gasteiger partial charge in [-0.1, -0.05) is 25.1 Å². The molecule has 0 aliphatic carbocycles. The molecule has 0 saturated heterocycles. The Hall–Kier alpha value is -2.76. The van der Waals surface area contributed by atoms with Gasteiger partial charge < -0.3 is 4.74 Å². The SMILES string of the molecule is CCc1ccc(S(=O)(=O)NCCCc2csc(-c3ccc(C(F)(F)F)cc3)n2)cc1C(=O)OC. The standard InChI is InChI=1S/C23H23F3N2O4S2/c1-3-15-8-11-19(13-20(15)22(29)32-2)34(30,31)27-12-4-5-18-14-33-21(28-18)16-6-9-17(10-7-16)23(24,25)26/h6-11,13-14,27H,3-5,12H2,1-2H3. The number of carbonyl (C=O) groups excluding carboxylic acids is 1. The number of sulfonamides is 1. The largest absolute Gasteiger partial charge is 0.465 e. The lowest BCUT2D eigenvalue weighted by Gasteiger charge is -2.10. The van der Waals surface area contributed by atoms with Crippen LogP contribution in [0.1, 0.15) is 40.5 Å². The first-order chi connectivity index (χ1) is 16.0. The van der Waals surface area contributed by atoms with Gasteiger partial charge in [-0.15, -0.1) is 11.3 Å². The Morgan fingerprint density at radius 3 is 2.47 bits per heavy atom. The van der Waals surface area contributed by atoms with Crippen LogP contribution in [0.4, 0.5) is 13.2 Å². The average Bonchev–Trinajstić information content (AvgIpc) is 3.29. The molecule has 0 aliphatic rings. The van der Waals surface area contributed by atoms with Gasteiger partial charge in [0.1, 0.15) is 5.01 Å². The third-order valence-corrected chi connectivity index (χ3v) is 7.49. The van der Waals surface area contributed by atoms with Crippen LogP contribution in [0.15, 0.2) is 52.7 Å². The van der Waals surface area contributed by atoms with Crippen molar-refractivity contribution < 1.29 is 31.1 Å². The number of aryl methyl sites for hydroxylation is 2. The van der Waals surface area contributed by atoms with E-state index in [9.17, 15) is 26.4 Å². The lowest BCUT2D eigenvalue weighted by molar-refractivity contribution is -0.137. The maximum Gasteiger partial charge on any atom is 0.416 e. The number of esters is 1. The molecular formula is C23H23F3N2O4S2. The van der Waals surface area contributed by atoms with Crippen LogP contribution in [0, 0.1) is 0 Å². The van der Waals surface area contributed by atoms with Gasteiger partial charge >= 0.3 is 12.1 Å². The van der Waals surface area contributed by atoms with Crippen molar-refractivity contribution in [2.75, 3.05) is 13.7 Å². The van der Waals surface area contributed by atoms with E-state index < -0.39 is 27.7 Å². The number of benzene rings is 2. The maximum absolute atomic E-state index is 12.7. The number of hydrogen-bond acceptors (Lipinski definition) is 6. The third kappa shape index (κ3) is 6.22. The lowest BCUT2D eigenvalue weighted by atomic mass is 10.1. The maximum atomic E-state index is 12.7. The molecule has 1 heterocycles. The van der Waals surface area contributed by atoms with Crippen molar-refractivity contribution in [1.29, 1.82) is 0 Å². The second kappa shape index (κ2) is 10.7. The molecule has 0 atom stereocenters. The van der Waals surface area contributed by atoms with Crippen molar-refractivity contribution in [1.82, 2.24) is 9.71 Å². The number of ether oxygens (including phenoxy) is 1. The molecule has 0 unspecified atom stereocenters.